The highest BCUT2D eigenvalue weighted by Crippen LogP contribution is 2.35. The Labute approximate surface area is 121 Å². The smallest absolute Gasteiger partial charge is 0.270 e. The predicted octanol–water partition coefficient (Wildman–Crippen LogP) is 2.86. The molecule has 2 atom stereocenters. The van der Waals surface area contributed by atoms with E-state index in [1.54, 1.807) is 0 Å². The molecule has 0 amide bonds. The molecule has 2 bridgehead atoms. The van der Waals surface area contributed by atoms with E-state index in [9.17, 15) is 18.9 Å². The lowest BCUT2D eigenvalue weighted by atomic mass is 10.1. The summed E-state index contributed by atoms with van der Waals surface area (Å²) in [6.45, 7) is 1.37. The van der Waals surface area contributed by atoms with Crippen molar-refractivity contribution in [2.75, 3.05) is 18.0 Å². The lowest BCUT2D eigenvalue weighted by Crippen LogP contribution is -2.35. The Kier molecular flexibility index (Phi) is 3.75. The summed E-state index contributed by atoms with van der Waals surface area (Å²) in [4.78, 5) is 12.1. The van der Waals surface area contributed by atoms with Gasteiger partial charge in [-0.1, -0.05) is 0 Å². The highest BCUT2D eigenvalue weighted by Gasteiger charge is 2.31. The van der Waals surface area contributed by atoms with Crippen LogP contribution in [0, 0.1) is 10.1 Å². The summed E-state index contributed by atoms with van der Waals surface area (Å²) in [5, 5.41) is 14.3. The van der Waals surface area contributed by atoms with Crippen LogP contribution in [-0.4, -0.2) is 30.1 Å². The molecule has 1 N–H and O–H groups in total. The summed E-state index contributed by atoms with van der Waals surface area (Å²) in [6, 6.07) is 4.54. The van der Waals surface area contributed by atoms with Crippen molar-refractivity contribution in [2.45, 2.75) is 37.8 Å². The Morgan fingerprint density at radius 2 is 2.05 bits per heavy atom. The molecule has 2 saturated heterocycles. The molecule has 2 heterocycles. The van der Waals surface area contributed by atoms with E-state index in [2.05, 4.69) is 5.32 Å². The van der Waals surface area contributed by atoms with Crippen LogP contribution in [0.4, 0.5) is 20.2 Å². The average molecular weight is 297 g/mol. The van der Waals surface area contributed by atoms with Crippen molar-refractivity contribution in [1.82, 2.24) is 5.32 Å². The fourth-order valence-corrected chi connectivity index (χ4v) is 3.28. The molecule has 0 spiro atoms. The number of alkyl halides is 2. The molecule has 2 fully saturated rings. The van der Waals surface area contributed by atoms with Crippen LogP contribution < -0.4 is 10.2 Å². The van der Waals surface area contributed by atoms with Gasteiger partial charge in [0.2, 0.25) is 0 Å². The van der Waals surface area contributed by atoms with E-state index in [1.165, 1.54) is 12.1 Å². The van der Waals surface area contributed by atoms with Crippen LogP contribution in [0.2, 0.25) is 0 Å². The van der Waals surface area contributed by atoms with E-state index in [0.29, 0.717) is 30.9 Å². The third kappa shape index (κ3) is 2.83. The van der Waals surface area contributed by atoms with E-state index in [0.717, 1.165) is 25.3 Å². The van der Waals surface area contributed by atoms with Crippen LogP contribution in [-0.2, 0) is 0 Å². The number of nitrogens with one attached hydrogen (secondary N) is 1. The molecule has 114 valence electrons. The summed E-state index contributed by atoms with van der Waals surface area (Å²) in [5.74, 6) is 0. The Morgan fingerprint density at radius 3 is 2.76 bits per heavy atom. The quantitative estimate of drug-likeness (QED) is 0.688. The van der Waals surface area contributed by atoms with Gasteiger partial charge in [-0.25, -0.2) is 8.78 Å². The first-order chi connectivity index (χ1) is 10.0. The molecule has 5 nitrogen and oxygen atoms in total. The first kappa shape index (κ1) is 14.2. The number of halogens is 2. The number of nitro groups is 1. The molecule has 0 aliphatic carbocycles. The second kappa shape index (κ2) is 5.55. The minimum atomic E-state index is -2.71. The molecule has 0 saturated carbocycles. The van der Waals surface area contributed by atoms with Gasteiger partial charge in [-0.05, 0) is 25.3 Å². The number of hydrogen-bond donors (Lipinski definition) is 1. The lowest BCUT2D eigenvalue weighted by molar-refractivity contribution is -0.385. The van der Waals surface area contributed by atoms with E-state index >= 15 is 0 Å². The molecule has 2 aliphatic rings. The predicted molar refractivity (Wildman–Crippen MR) is 74.8 cm³/mol. The number of rotatable bonds is 3. The van der Waals surface area contributed by atoms with Crippen LogP contribution in [0.25, 0.3) is 0 Å². The fraction of sp³-hybridized carbons (Fsp3) is 0.571. The number of hydrogen-bond acceptors (Lipinski definition) is 4. The average Bonchev–Trinajstić information content (AvgIpc) is 2.77. The first-order valence-corrected chi connectivity index (χ1v) is 7.12. The zero-order chi connectivity index (χ0) is 15.0. The summed E-state index contributed by atoms with van der Waals surface area (Å²) in [7, 11) is 0. The van der Waals surface area contributed by atoms with Gasteiger partial charge in [0.05, 0.1) is 4.92 Å². The van der Waals surface area contributed by atoms with Crippen molar-refractivity contribution in [3.8, 4) is 0 Å². The van der Waals surface area contributed by atoms with Gasteiger partial charge < -0.3 is 10.2 Å². The van der Waals surface area contributed by atoms with Crippen LogP contribution in [0.15, 0.2) is 18.2 Å². The highest BCUT2D eigenvalue weighted by molar-refractivity contribution is 5.59. The topological polar surface area (TPSA) is 58.4 Å². The zero-order valence-electron chi connectivity index (χ0n) is 11.5. The molecular weight excluding hydrogens is 280 g/mol. The van der Waals surface area contributed by atoms with Gasteiger partial charge in [-0.15, -0.1) is 0 Å². The minimum Gasteiger partial charge on any atom is -0.370 e. The molecule has 2 unspecified atom stereocenters. The van der Waals surface area contributed by atoms with Gasteiger partial charge in [0, 0.05) is 48.6 Å². The van der Waals surface area contributed by atoms with Crippen molar-refractivity contribution < 1.29 is 13.7 Å². The molecular formula is C14H17F2N3O2. The first-order valence-electron chi connectivity index (χ1n) is 7.12. The third-order valence-corrected chi connectivity index (χ3v) is 4.32. The standard InChI is InChI=1S/C14H17F2N3O2/c15-14(16)12-7-11(19(20)21)3-4-13(12)18-6-5-9-1-2-10(8-18)17-9/h3-4,7,9-10,14,17H,1-2,5-6,8H2. The molecule has 7 heteroatoms. The number of nitrogens with zero attached hydrogens (tertiary/aromatic N) is 2. The monoisotopic (exact) mass is 297 g/mol. The Balaban J connectivity index is 1.91. The molecule has 3 rings (SSSR count). The van der Waals surface area contributed by atoms with Gasteiger partial charge in [0.1, 0.15) is 0 Å². The van der Waals surface area contributed by atoms with Gasteiger partial charge in [-0.3, -0.25) is 10.1 Å². The van der Waals surface area contributed by atoms with Gasteiger partial charge >= 0.3 is 0 Å². The van der Waals surface area contributed by atoms with E-state index in [4.69, 9.17) is 0 Å². The maximum absolute atomic E-state index is 13.3. The molecule has 1 aromatic carbocycles. The van der Waals surface area contributed by atoms with E-state index in [1.807, 2.05) is 4.90 Å². The Hall–Kier alpha value is -1.76. The maximum atomic E-state index is 13.3. The Morgan fingerprint density at radius 1 is 1.29 bits per heavy atom. The summed E-state index contributed by atoms with van der Waals surface area (Å²) in [6.07, 6.45) is 0.391. The lowest BCUT2D eigenvalue weighted by Gasteiger charge is -2.28. The molecule has 21 heavy (non-hydrogen) atoms. The van der Waals surface area contributed by atoms with Crippen molar-refractivity contribution in [3.05, 3.63) is 33.9 Å². The molecule has 0 aromatic heterocycles. The molecule has 2 aliphatic heterocycles. The van der Waals surface area contributed by atoms with Gasteiger partial charge in [-0.2, -0.15) is 0 Å². The number of fused-ring (bicyclic) bond motifs is 2. The minimum absolute atomic E-state index is 0.248. The van der Waals surface area contributed by atoms with Crippen molar-refractivity contribution in [3.63, 3.8) is 0 Å². The highest BCUT2D eigenvalue weighted by atomic mass is 19.3. The second-order valence-electron chi connectivity index (χ2n) is 5.67. The van der Waals surface area contributed by atoms with Crippen molar-refractivity contribution in [2.24, 2.45) is 0 Å². The van der Waals surface area contributed by atoms with Crippen molar-refractivity contribution in [1.29, 1.82) is 0 Å². The largest absolute Gasteiger partial charge is 0.370 e. The summed E-state index contributed by atoms with van der Waals surface area (Å²) in [5.41, 5.74) is -0.115. The number of nitro benzene ring substituents is 1. The van der Waals surface area contributed by atoms with Crippen LogP contribution in [0.5, 0.6) is 0 Å². The Bertz CT molecular complexity index is 553. The van der Waals surface area contributed by atoms with Crippen molar-refractivity contribution >= 4 is 11.4 Å². The van der Waals surface area contributed by atoms with Crippen LogP contribution in [0.1, 0.15) is 31.3 Å². The fourth-order valence-electron chi connectivity index (χ4n) is 3.28. The molecule has 0 radical (unpaired) electrons. The number of anilines is 1. The summed E-state index contributed by atoms with van der Waals surface area (Å²) >= 11 is 0. The van der Waals surface area contributed by atoms with Crippen LogP contribution >= 0.6 is 0 Å². The summed E-state index contributed by atoms with van der Waals surface area (Å²) < 4.78 is 26.5. The van der Waals surface area contributed by atoms with Gasteiger partial charge in [0.15, 0.2) is 0 Å². The van der Waals surface area contributed by atoms with Gasteiger partial charge in [0.25, 0.3) is 12.1 Å². The zero-order valence-corrected chi connectivity index (χ0v) is 11.5. The van der Waals surface area contributed by atoms with E-state index in [-0.39, 0.29) is 11.3 Å². The number of benzene rings is 1. The van der Waals surface area contributed by atoms with Crippen LogP contribution in [0.3, 0.4) is 0 Å². The maximum Gasteiger partial charge on any atom is 0.270 e. The SMILES string of the molecule is O=[N+]([O-])c1ccc(N2CCC3CCC(C2)N3)c(C(F)F)c1. The third-order valence-electron chi connectivity index (χ3n) is 4.32. The molecule has 1 aromatic rings. The number of non-ortho nitro benzene ring substituents is 1. The normalized spacial score (nSPS) is 25.2. The second-order valence-corrected chi connectivity index (χ2v) is 5.67. The van der Waals surface area contributed by atoms with E-state index < -0.39 is 11.3 Å².